The highest BCUT2D eigenvalue weighted by Gasteiger charge is 2.28. The summed E-state index contributed by atoms with van der Waals surface area (Å²) in [5, 5.41) is 12.1. The average Bonchev–Trinajstić information content (AvgIpc) is 2.32. The van der Waals surface area contributed by atoms with Crippen molar-refractivity contribution in [1.29, 1.82) is 0 Å². The molecule has 1 fully saturated rings. The first kappa shape index (κ1) is 11.3. The van der Waals surface area contributed by atoms with E-state index >= 15 is 0 Å². The molecule has 0 aromatic rings. The van der Waals surface area contributed by atoms with E-state index in [0.717, 1.165) is 19.3 Å². The number of carbonyl (C=O) groups excluding carboxylic acids is 1. The van der Waals surface area contributed by atoms with Gasteiger partial charge < -0.3 is 15.2 Å². The summed E-state index contributed by atoms with van der Waals surface area (Å²) in [5.74, 6) is 0. The van der Waals surface area contributed by atoms with Crippen LogP contribution in [0.15, 0.2) is 0 Å². The number of carbonyl (C=O) groups is 1. The van der Waals surface area contributed by atoms with Crippen LogP contribution in [-0.4, -0.2) is 28.9 Å². The van der Waals surface area contributed by atoms with E-state index in [0.29, 0.717) is 0 Å². The number of nitrogens with one attached hydrogen (secondary N) is 1. The monoisotopic (exact) mass is 201 g/mol. The van der Waals surface area contributed by atoms with Crippen molar-refractivity contribution < 1.29 is 14.6 Å². The number of amides is 1. The van der Waals surface area contributed by atoms with Gasteiger partial charge in [0.05, 0.1) is 12.1 Å². The van der Waals surface area contributed by atoms with Crippen molar-refractivity contribution in [3.8, 4) is 0 Å². The van der Waals surface area contributed by atoms with Gasteiger partial charge in [-0.05, 0) is 40.0 Å². The van der Waals surface area contributed by atoms with Crippen molar-refractivity contribution in [2.45, 2.75) is 57.8 Å². The Morgan fingerprint density at radius 3 is 2.50 bits per heavy atom. The number of aliphatic hydroxyl groups excluding tert-OH is 1. The lowest BCUT2D eigenvalue weighted by molar-refractivity contribution is 0.0450. The first-order valence-corrected chi connectivity index (χ1v) is 5.06. The predicted octanol–water partition coefficient (Wildman–Crippen LogP) is 1.42. The molecular formula is C10H19NO3. The summed E-state index contributed by atoms with van der Waals surface area (Å²) in [6.07, 6.45) is 1.70. The summed E-state index contributed by atoms with van der Waals surface area (Å²) in [4.78, 5) is 11.3. The number of hydrogen-bond donors (Lipinski definition) is 2. The van der Waals surface area contributed by atoms with Crippen LogP contribution in [0.25, 0.3) is 0 Å². The molecule has 1 aliphatic carbocycles. The normalized spacial score (nSPS) is 27.4. The maximum absolute atomic E-state index is 11.3. The molecule has 0 aromatic heterocycles. The molecule has 0 aliphatic heterocycles. The Kier molecular flexibility index (Phi) is 3.37. The lowest BCUT2D eigenvalue weighted by Crippen LogP contribution is -2.42. The van der Waals surface area contributed by atoms with Crippen molar-refractivity contribution in [3.05, 3.63) is 0 Å². The van der Waals surface area contributed by atoms with Crippen LogP contribution >= 0.6 is 0 Å². The highest BCUT2D eigenvalue weighted by Crippen LogP contribution is 2.19. The smallest absolute Gasteiger partial charge is 0.407 e. The Labute approximate surface area is 84.6 Å². The van der Waals surface area contributed by atoms with Crippen molar-refractivity contribution in [2.75, 3.05) is 0 Å². The van der Waals surface area contributed by atoms with Gasteiger partial charge in [-0.15, -0.1) is 0 Å². The minimum absolute atomic E-state index is 0.134. The number of rotatable bonds is 1. The summed E-state index contributed by atoms with van der Waals surface area (Å²) in [6.45, 7) is 5.45. The molecule has 2 N–H and O–H groups in total. The highest BCUT2D eigenvalue weighted by atomic mass is 16.6. The van der Waals surface area contributed by atoms with Crippen LogP contribution in [0.4, 0.5) is 4.79 Å². The maximum Gasteiger partial charge on any atom is 0.407 e. The molecule has 0 saturated heterocycles. The molecule has 1 amide bonds. The van der Waals surface area contributed by atoms with Crippen LogP contribution in [0.2, 0.25) is 0 Å². The second-order valence-electron chi connectivity index (χ2n) is 4.75. The zero-order valence-electron chi connectivity index (χ0n) is 9.04. The van der Waals surface area contributed by atoms with Crippen molar-refractivity contribution in [3.63, 3.8) is 0 Å². The van der Waals surface area contributed by atoms with Gasteiger partial charge in [-0.3, -0.25) is 0 Å². The highest BCUT2D eigenvalue weighted by molar-refractivity contribution is 5.68. The van der Waals surface area contributed by atoms with Crippen molar-refractivity contribution in [2.24, 2.45) is 0 Å². The van der Waals surface area contributed by atoms with E-state index in [1.54, 1.807) is 0 Å². The van der Waals surface area contributed by atoms with Gasteiger partial charge in [0.2, 0.25) is 0 Å². The topological polar surface area (TPSA) is 58.6 Å². The van der Waals surface area contributed by atoms with Crippen LogP contribution in [0.1, 0.15) is 40.0 Å². The van der Waals surface area contributed by atoms with Gasteiger partial charge >= 0.3 is 6.09 Å². The minimum Gasteiger partial charge on any atom is -0.444 e. The molecular weight excluding hydrogens is 182 g/mol. The van der Waals surface area contributed by atoms with Crippen LogP contribution in [0.3, 0.4) is 0 Å². The van der Waals surface area contributed by atoms with Crippen LogP contribution in [-0.2, 0) is 4.74 Å². The first-order chi connectivity index (χ1) is 6.38. The fraction of sp³-hybridized carbons (Fsp3) is 0.900. The number of alkyl carbamates (subject to hydrolysis) is 1. The summed E-state index contributed by atoms with van der Waals surface area (Å²) < 4.78 is 5.09. The zero-order valence-corrected chi connectivity index (χ0v) is 9.04. The molecule has 1 saturated carbocycles. The standard InChI is InChI=1S/C10H19NO3/c1-10(2,3)14-9(13)11-7-5-4-6-8(7)12/h7-8,12H,4-6H2,1-3H3,(H,11,13)/t7-,8-/m0/s1. The second kappa shape index (κ2) is 4.17. The molecule has 4 nitrogen and oxygen atoms in total. The Morgan fingerprint density at radius 1 is 1.43 bits per heavy atom. The number of hydrogen-bond acceptors (Lipinski definition) is 3. The molecule has 0 unspecified atom stereocenters. The predicted molar refractivity (Wildman–Crippen MR) is 53.0 cm³/mol. The third kappa shape index (κ3) is 3.54. The Morgan fingerprint density at radius 2 is 2.07 bits per heavy atom. The van der Waals surface area contributed by atoms with Gasteiger partial charge in [0.25, 0.3) is 0 Å². The van der Waals surface area contributed by atoms with Gasteiger partial charge in [0.15, 0.2) is 0 Å². The van der Waals surface area contributed by atoms with Gasteiger partial charge in [-0.1, -0.05) is 0 Å². The van der Waals surface area contributed by atoms with Gasteiger partial charge in [0, 0.05) is 0 Å². The molecule has 4 heteroatoms. The average molecular weight is 201 g/mol. The van der Waals surface area contributed by atoms with E-state index in [-0.39, 0.29) is 6.04 Å². The van der Waals surface area contributed by atoms with Crippen LogP contribution in [0, 0.1) is 0 Å². The Bertz CT molecular complexity index is 210. The quantitative estimate of drug-likeness (QED) is 0.674. The molecule has 0 aromatic carbocycles. The number of aliphatic hydroxyl groups is 1. The SMILES string of the molecule is CC(C)(C)OC(=O)N[C@H]1CCC[C@@H]1O. The van der Waals surface area contributed by atoms with E-state index in [1.807, 2.05) is 20.8 Å². The van der Waals surface area contributed by atoms with E-state index in [2.05, 4.69) is 5.32 Å². The molecule has 14 heavy (non-hydrogen) atoms. The second-order valence-corrected chi connectivity index (χ2v) is 4.75. The van der Waals surface area contributed by atoms with Crippen molar-refractivity contribution in [1.82, 2.24) is 5.32 Å². The van der Waals surface area contributed by atoms with Crippen LogP contribution < -0.4 is 5.32 Å². The molecule has 0 spiro atoms. The molecule has 0 heterocycles. The largest absolute Gasteiger partial charge is 0.444 e. The fourth-order valence-electron chi connectivity index (χ4n) is 1.57. The fourth-order valence-corrected chi connectivity index (χ4v) is 1.57. The third-order valence-corrected chi connectivity index (χ3v) is 2.18. The summed E-state index contributed by atoms with van der Waals surface area (Å²) in [7, 11) is 0. The molecule has 2 atom stereocenters. The molecule has 82 valence electrons. The maximum atomic E-state index is 11.3. The molecule has 1 rings (SSSR count). The zero-order chi connectivity index (χ0) is 10.8. The van der Waals surface area contributed by atoms with E-state index in [1.165, 1.54) is 0 Å². The summed E-state index contributed by atoms with van der Waals surface area (Å²) >= 11 is 0. The Hall–Kier alpha value is -0.770. The van der Waals surface area contributed by atoms with Crippen molar-refractivity contribution >= 4 is 6.09 Å². The van der Waals surface area contributed by atoms with Gasteiger partial charge in [0.1, 0.15) is 5.60 Å². The van der Waals surface area contributed by atoms with Gasteiger partial charge in [-0.2, -0.15) is 0 Å². The van der Waals surface area contributed by atoms with E-state index in [9.17, 15) is 9.90 Å². The minimum atomic E-state index is -0.479. The molecule has 0 radical (unpaired) electrons. The Balaban J connectivity index is 2.33. The molecule has 0 bridgehead atoms. The van der Waals surface area contributed by atoms with Gasteiger partial charge in [-0.25, -0.2) is 4.79 Å². The lowest BCUT2D eigenvalue weighted by atomic mass is 10.2. The van der Waals surface area contributed by atoms with E-state index in [4.69, 9.17) is 4.74 Å². The number of ether oxygens (including phenoxy) is 1. The summed E-state index contributed by atoms with van der Waals surface area (Å²) in [6, 6.07) is -0.134. The van der Waals surface area contributed by atoms with Crippen LogP contribution in [0.5, 0.6) is 0 Å². The first-order valence-electron chi connectivity index (χ1n) is 5.06. The summed E-state index contributed by atoms with van der Waals surface area (Å²) in [5.41, 5.74) is -0.479. The lowest BCUT2D eigenvalue weighted by Gasteiger charge is -2.22. The van der Waals surface area contributed by atoms with E-state index < -0.39 is 17.8 Å². The third-order valence-electron chi connectivity index (χ3n) is 2.18. The molecule has 1 aliphatic rings.